The van der Waals surface area contributed by atoms with Gasteiger partial charge in [0.1, 0.15) is 0 Å². The maximum absolute atomic E-state index is 2.46. The third kappa shape index (κ3) is 4.18. The van der Waals surface area contributed by atoms with Crippen molar-refractivity contribution in [2.75, 3.05) is 0 Å². The van der Waals surface area contributed by atoms with Gasteiger partial charge in [0, 0.05) is 44.8 Å². The molecule has 0 N–H and O–H groups in total. The SMILES string of the molecule is CCn1c2ccccc2c2cc3c4ccc(-c5cccc(-c6ccc7c(c6)c6ccccc6n7-c6ccccc6)c5)cc4c4ccccc4c3cc21. The highest BCUT2D eigenvalue weighted by molar-refractivity contribution is 6.29. The minimum atomic E-state index is 0.939. The summed E-state index contributed by atoms with van der Waals surface area (Å²) >= 11 is 0. The Kier molecular flexibility index (Phi) is 6.26. The first kappa shape index (κ1) is 29.1. The summed E-state index contributed by atoms with van der Waals surface area (Å²) in [6.07, 6.45) is 0. The summed E-state index contributed by atoms with van der Waals surface area (Å²) in [6.45, 7) is 3.18. The summed E-state index contributed by atoms with van der Waals surface area (Å²) in [5.41, 5.74) is 11.1. The van der Waals surface area contributed by atoms with Gasteiger partial charge in [-0.3, -0.25) is 0 Å². The fourth-order valence-corrected chi connectivity index (χ4v) is 8.90. The average Bonchev–Trinajstić information content (AvgIpc) is 3.72. The van der Waals surface area contributed by atoms with E-state index in [0.29, 0.717) is 0 Å². The van der Waals surface area contributed by atoms with Gasteiger partial charge in [-0.1, -0.05) is 115 Å². The molecule has 0 radical (unpaired) electrons. The van der Waals surface area contributed by atoms with E-state index >= 15 is 0 Å². The largest absolute Gasteiger partial charge is 0.341 e. The van der Waals surface area contributed by atoms with E-state index in [9.17, 15) is 0 Å². The summed E-state index contributed by atoms with van der Waals surface area (Å²) in [5, 5.41) is 13.0. The fraction of sp³-hybridized carbons (Fsp3) is 0.0400. The van der Waals surface area contributed by atoms with Gasteiger partial charge < -0.3 is 9.13 Å². The van der Waals surface area contributed by atoms with Crippen LogP contribution in [0.2, 0.25) is 0 Å². The molecule has 2 nitrogen and oxygen atoms in total. The molecule has 11 aromatic rings. The number of fused-ring (bicyclic) bond motifs is 12. The van der Waals surface area contributed by atoms with Gasteiger partial charge in [-0.05, 0) is 122 Å². The van der Waals surface area contributed by atoms with Gasteiger partial charge in [0.2, 0.25) is 0 Å². The van der Waals surface area contributed by atoms with Gasteiger partial charge in [0.05, 0.1) is 11.0 Å². The van der Waals surface area contributed by atoms with Gasteiger partial charge in [0.15, 0.2) is 0 Å². The van der Waals surface area contributed by atoms with Gasteiger partial charge in [0.25, 0.3) is 0 Å². The Morgan fingerprint density at radius 1 is 0.308 bits per heavy atom. The van der Waals surface area contributed by atoms with Crippen LogP contribution in [0, 0.1) is 0 Å². The number of aryl methyl sites for hydroxylation is 1. The Morgan fingerprint density at radius 2 is 0.808 bits per heavy atom. The lowest BCUT2D eigenvalue weighted by Crippen LogP contribution is -1.93. The predicted octanol–water partition coefficient (Wildman–Crippen LogP) is 13.7. The van der Waals surface area contributed by atoms with Crippen LogP contribution in [0.15, 0.2) is 176 Å². The molecule has 0 amide bonds. The first-order chi connectivity index (χ1) is 25.7. The molecule has 0 bridgehead atoms. The van der Waals surface area contributed by atoms with Crippen molar-refractivity contribution >= 4 is 75.9 Å². The normalized spacial score (nSPS) is 12.0. The molecule has 0 fully saturated rings. The zero-order chi connectivity index (χ0) is 34.3. The molecular weight excluding hydrogens is 629 g/mol. The number of hydrogen-bond donors (Lipinski definition) is 0. The zero-order valence-corrected chi connectivity index (χ0v) is 28.8. The fourth-order valence-electron chi connectivity index (χ4n) is 8.90. The van der Waals surface area contributed by atoms with E-state index < -0.39 is 0 Å². The standard InChI is InChI=1S/C50H34N2/c1-2-51-47-21-10-8-19-40(47)46-30-43-39-25-23-34(28-42(39)37-17-6-7-18-38(37)44(43)31-50(46)51)32-13-12-14-33(27-32)35-24-26-49-45(29-35)41-20-9-11-22-48(41)52(49)36-15-4-3-5-16-36/h3-31H,2H2,1H3. The van der Waals surface area contributed by atoms with Crippen molar-refractivity contribution in [3.05, 3.63) is 176 Å². The molecule has 2 heteroatoms. The van der Waals surface area contributed by atoms with Crippen molar-refractivity contribution in [3.63, 3.8) is 0 Å². The van der Waals surface area contributed by atoms with Crippen molar-refractivity contribution < 1.29 is 0 Å². The van der Waals surface area contributed by atoms with Crippen LogP contribution < -0.4 is 0 Å². The maximum Gasteiger partial charge on any atom is 0.0541 e. The molecule has 52 heavy (non-hydrogen) atoms. The smallest absolute Gasteiger partial charge is 0.0541 e. The number of rotatable bonds is 4. The minimum Gasteiger partial charge on any atom is -0.341 e. The van der Waals surface area contributed by atoms with E-state index in [4.69, 9.17) is 0 Å². The number of nitrogens with zero attached hydrogens (tertiary/aromatic N) is 2. The lowest BCUT2D eigenvalue weighted by Gasteiger charge is -2.14. The lowest BCUT2D eigenvalue weighted by molar-refractivity contribution is 0.827. The number of para-hydroxylation sites is 3. The summed E-state index contributed by atoms with van der Waals surface area (Å²) in [7, 11) is 0. The van der Waals surface area contributed by atoms with Crippen molar-refractivity contribution in [2.24, 2.45) is 0 Å². The van der Waals surface area contributed by atoms with Crippen LogP contribution in [0.4, 0.5) is 0 Å². The van der Waals surface area contributed by atoms with Crippen LogP contribution >= 0.6 is 0 Å². The topological polar surface area (TPSA) is 9.86 Å². The molecule has 0 spiro atoms. The van der Waals surface area contributed by atoms with E-state index in [1.54, 1.807) is 0 Å². The molecule has 244 valence electrons. The third-order valence-corrected chi connectivity index (χ3v) is 11.3. The van der Waals surface area contributed by atoms with Crippen molar-refractivity contribution in [2.45, 2.75) is 13.5 Å². The molecule has 9 aromatic carbocycles. The van der Waals surface area contributed by atoms with E-state index in [-0.39, 0.29) is 0 Å². The molecule has 2 heterocycles. The highest BCUT2D eigenvalue weighted by Gasteiger charge is 2.17. The van der Waals surface area contributed by atoms with Gasteiger partial charge in [-0.15, -0.1) is 0 Å². The van der Waals surface area contributed by atoms with E-state index in [1.165, 1.54) is 104 Å². The maximum atomic E-state index is 2.46. The molecule has 0 saturated carbocycles. The van der Waals surface area contributed by atoms with Crippen molar-refractivity contribution in [1.29, 1.82) is 0 Å². The second-order valence-electron chi connectivity index (χ2n) is 14.0. The second-order valence-corrected chi connectivity index (χ2v) is 14.0. The Balaban J connectivity index is 1.08. The quantitative estimate of drug-likeness (QED) is 0.166. The average molecular weight is 663 g/mol. The first-order valence-corrected chi connectivity index (χ1v) is 18.2. The Bertz CT molecular complexity index is 3210. The molecule has 0 unspecified atom stereocenters. The monoisotopic (exact) mass is 662 g/mol. The number of benzene rings is 9. The van der Waals surface area contributed by atoms with E-state index in [0.717, 1.165) is 6.54 Å². The highest BCUT2D eigenvalue weighted by Crippen LogP contribution is 2.42. The van der Waals surface area contributed by atoms with Crippen LogP contribution in [0.3, 0.4) is 0 Å². The van der Waals surface area contributed by atoms with Crippen LogP contribution in [0.25, 0.3) is 104 Å². The number of hydrogen-bond acceptors (Lipinski definition) is 0. The Morgan fingerprint density at radius 3 is 1.54 bits per heavy atom. The van der Waals surface area contributed by atoms with Crippen LogP contribution in [-0.2, 0) is 6.54 Å². The zero-order valence-electron chi connectivity index (χ0n) is 28.8. The molecule has 0 aliphatic heterocycles. The molecular formula is C50H34N2. The summed E-state index contributed by atoms with van der Waals surface area (Å²) in [5.74, 6) is 0. The van der Waals surface area contributed by atoms with Crippen LogP contribution in [0.5, 0.6) is 0 Å². The molecule has 0 aliphatic carbocycles. The molecule has 0 aliphatic rings. The Hall–Kier alpha value is -6.64. The van der Waals surface area contributed by atoms with Crippen molar-refractivity contribution in [1.82, 2.24) is 9.13 Å². The molecule has 0 atom stereocenters. The Labute approximate surface area is 301 Å². The first-order valence-electron chi connectivity index (χ1n) is 18.2. The van der Waals surface area contributed by atoms with Crippen LogP contribution in [-0.4, -0.2) is 9.13 Å². The van der Waals surface area contributed by atoms with Gasteiger partial charge >= 0.3 is 0 Å². The molecule has 0 saturated heterocycles. The predicted molar refractivity (Wildman–Crippen MR) is 223 cm³/mol. The summed E-state index contributed by atoms with van der Waals surface area (Å²) < 4.78 is 4.83. The highest BCUT2D eigenvalue weighted by atomic mass is 15.0. The number of aromatic nitrogens is 2. The van der Waals surface area contributed by atoms with Gasteiger partial charge in [-0.25, -0.2) is 0 Å². The van der Waals surface area contributed by atoms with Crippen LogP contribution in [0.1, 0.15) is 6.92 Å². The second kappa shape index (κ2) is 11.2. The summed E-state index contributed by atoms with van der Waals surface area (Å²) in [6, 6.07) is 65.1. The lowest BCUT2D eigenvalue weighted by atomic mass is 9.90. The third-order valence-electron chi connectivity index (χ3n) is 11.3. The summed E-state index contributed by atoms with van der Waals surface area (Å²) in [4.78, 5) is 0. The van der Waals surface area contributed by atoms with E-state index in [1.807, 2.05) is 0 Å². The van der Waals surface area contributed by atoms with Crippen molar-refractivity contribution in [3.8, 4) is 27.9 Å². The minimum absolute atomic E-state index is 0.939. The van der Waals surface area contributed by atoms with E-state index in [2.05, 4.69) is 192 Å². The van der Waals surface area contributed by atoms with Gasteiger partial charge in [-0.2, -0.15) is 0 Å². The molecule has 2 aromatic heterocycles. The molecule has 11 rings (SSSR count).